The molecule has 0 aliphatic rings. The number of benzene rings is 2. The fraction of sp³-hybridized carbons (Fsp3) is 0.133. The molecule has 0 unspecified atom stereocenters. The first-order valence-electron chi connectivity index (χ1n) is 5.68. The maximum atomic E-state index is 10.6. The molecular weight excluding hydrogens is 267 g/mol. The van der Waals surface area contributed by atoms with Gasteiger partial charge in [-0.25, -0.2) is 0 Å². The van der Waals surface area contributed by atoms with E-state index < -0.39 is 5.97 Å². The second kappa shape index (κ2) is 8.43. The number of rotatable bonds is 5. The van der Waals surface area contributed by atoms with Crippen molar-refractivity contribution >= 4 is 17.7 Å². The molecule has 0 saturated carbocycles. The molecule has 0 atom stereocenters. The predicted molar refractivity (Wildman–Crippen MR) is 72.2 cm³/mol. The van der Waals surface area contributed by atoms with Crippen LogP contribution in [-0.2, 0) is 4.79 Å². The molecule has 2 nitrogen and oxygen atoms in total. The molecule has 4 heteroatoms. The zero-order chi connectivity index (χ0) is 12.8. The van der Waals surface area contributed by atoms with Crippen molar-refractivity contribution in [1.82, 2.24) is 0 Å². The molecule has 2 rings (SSSR count). The standard InChI is InChI=1S/C15H14O2S.Na/c16-14(17)11-18-15(12-7-3-1-4-8-12)13-9-5-2-6-10-13;/h1-10,15H,11H2,(H,16,17);/q;+1/p-1. The minimum absolute atomic E-state index is 0. The van der Waals surface area contributed by atoms with Crippen LogP contribution in [-0.4, -0.2) is 11.7 Å². The average molecular weight is 280 g/mol. The van der Waals surface area contributed by atoms with Crippen molar-refractivity contribution in [1.29, 1.82) is 0 Å². The van der Waals surface area contributed by atoms with Crippen molar-refractivity contribution in [3.05, 3.63) is 71.8 Å². The normalized spacial score (nSPS) is 9.95. The predicted octanol–water partition coefficient (Wildman–Crippen LogP) is -0.737. The molecular formula is C15H13NaO2S. The molecule has 0 bridgehead atoms. The maximum absolute atomic E-state index is 10.6. The Morgan fingerprint density at radius 2 is 1.37 bits per heavy atom. The van der Waals surface area contributed by atoms with E-state index in [1.54, 1.807) is 0 Å². The molecule has 0 radical (unpaired) electrons. The minimum atomic E-state index is -1.03. The van der Waals surface area contributed by atoms with E-state index in [9.17, 15) is 9.90 Å². The van der Waals surface area contributed by atoms with Gasteiger partial charge in [-0.15, -0.1) is 11.8 Å². The Hall–Kier alpha value is -0.740. The summed E-state index contributed by atoms with van der Waals surface area (Å²) in [5, 5.41) is 10.7. The quantitative estimate of drug-likeness (QED) is 0.678. The largest absolute Gasteiger partial charge is 1.00 e. The van der Waals surface area contributed by atoms with Gasteiger partial charge in [-0.3, -0.25) is 0 Å². The van der Waals surface area contributed by atoms with Crippen molar-refractivity contribution in [3.8, 4) is 0 Å². The van der Waals surface area contributed by atoms with E-state index in [2.05, 4.69) is 0 Å². The van der Waals surface area contributed by atoms with Crippen LogP contribution in [0.1, 0.15) is 16.4 Å². The van der Waals surface area contributed by atoms with Crippen LogP contribution in [0, 0.1) is 0 Å². The second-order valence-electron chi connectivity index (χ2n) is 3.88. The number of hydrogen-bond acceptors (Lipinski definition) is 3. The number of carbonyl (C=O) groups is 1. The summed E-state index contributed by atoms with van der Waals surface area (Å²) in [6.07, 6.45) is 0. The molecule has 0 saturated heterocycles. The average Bonchev–Trinajstić information content (AvgIpc) is 2.41. The SMILES string of the molecule is O=C([O-])CSC(c1ccccc1)c1ccccc1.[Na+]. The summed E-state index contributed by atoms with van der Waals surface area (Å²) in [6, 6.07) is 19.8. The summed E-state index contributed by atoms with van der Waals surface area (Å²) in [7, 11) is 0. The van der Waals surface area contributed by atoms with E-state index in [1.165, 1.54) is 11.8 Å². The summed E-state index contributed by atoms with van der Waals surface area (Å²) in [4.78, 5) is 10.6. The molecule has 0 fully saturated rings. The molecule has 2 aromatic rings. The van der Waals surface area contributed by atoms with E-state index in [4.69, 9.17) is 0 Å². The summed E-state index contributed by atoms with van der Waals surface area (Å²) in [5.41, 5.74) is 2.21. The first-order chi connectivity index (χ1) is 8.77. The molecule has 0 heterocycles. The van der Waals surface area contributed by atoms with Crippen molar-refractivity contribution in [2.45, 2.75) is 5.25 Å². The van der Waals surface area contributed by atoms with Gasteiger partial charge >= 0.3 is 29.6 Å². The third-order valence-electron chi connectivity index (χ3n) is 2.57. The Labute approximate surface area is 139 Å². The molecule has 0 aliphatic heterocycles. The minimum Gasteiger partial charge on any atom is -0.549 e. The number of thioether (sulfide) groups is 1. The van der Waals surface area contributed by atoms with E-state index in [0.717, 1.165) is 11.1 Å². The van der Waals surface area contributed by atoms with Gasteiger partial charge in [-0.1, -0.05) is 60.7 Å². The molecule has 92 valence electrons. The molecule has 19 heavy (non-hydrogen) atoms. The summed E-state index contributed by atoms with van der Waals surface area (Å²) in [6.45, 7) is 0. The Balaban J connectivity index is 0.00000180. The van der Waals surface area contributed by atoms with Crippen LogP contribution in [0.5, 0.6) is 0 Å². The number of carboxylic acids is 1. The Bertz CT molecular complexity index is 463. The van der Waals surface area contributed by atoms with Gasteiger partial charge in [0.25, 0.3) is 0 Å². The zero-order valence-corrected chi connectivity index (χ0v) is 13.6. The van der Waals surface area contributed by atoms with Crippen molar-refractivity contribution in [2.24, 2.45) is 0 Å². The molecule has 0 spiro atoms. The van der Waals surface area contributed by atoms with Crippen LogP contribution >= 0.6 is 11.8 Å². The smallest absolute Gasteiger partial charge is 0.549 e. The van der Waals surface area contributed by atoms with Gasteiger partial charge in [-0.05, 0) is 11.1 Å². The Morgan fingerprint density at radius 1 is 0.947 bits per heavy atom. The van der Waals surface area contributed by atoms with E-state index in [0.29, 0.717) is 0 Å². The fourth-order valence-corrected chi connectivity index (χ4v) is 2.79. The van der Waals surface area contributed by atoms with Gasteiger partial charge in [0.1, 0.15) is 0 Å². The van der Waals surface area contributed by atoms with E-state index >= 15 is 0 Å². The fourth-order valence-electron chi connectivity index (χ4n) is 1.79. The summed E-state index contributed by atoms with van der Waals surface area (Å²) >= 11 is 1.37. The van der Waals surface area contributed by atoms with Gasteiger partial charge in [0.05, 0.1) is 11.2 Å². The summed E-state index contributed by atoms with van der Waals surface area (Å²) < 4.78 is 0. The van der Waals surface area contributed by atoms with Crippen LogP contribution < -0.4 is 34.7 Å². The van der Waals surface area contributed by atoms with Crippen LogP contribution in [0.2, 0.25) is 0 Å². The second-order valence-corrected chi connectivity index (χ2v) is 4.98. The first-order valence-corrected chi connectivity index (χ1v) is 6.73. The number of carbonyl (C=O) groups excluding carboxylic acids is 1. The molecule has 0 amide bonds. The van der Waals surface area contributed by atoms with Crippen molar-refractivity contribution in [2.75, 3.05) is 5.75 Å². The van der Waals surface area contributed by atoms with Crippen molar-refractivity contribution < 1.29 is 39.5 Å². The van der Waals surface area contributed by atoms with Gasteiger partial charge in [-0.2, -0.15) is 0 Å². The van der Waals surface area contributed by atoms with Gasteiger partial charge < -0.3 is 9.90 Å². The molecule has 2 aromatic carbocycles. The maximum Gasteiger partial charge on any atom is 1.00 e. The first kappa shape index (κ1) is 16.3. The number of carboxylic acid groups (broad SMARTS) is 1. The monoisotopic (exact) mass is 280 g/mol. The van der Waals surface area contributed by atoms with Crippen LogP contribution in [0.3, 0.4) is 0 Å². The van der Waals surface area contributed by atoms with Crippen LogP contribution in [0.4, 0.5) is 0 Å². The third-order valence-corrected chi connectivity index (χ3v) is 3.85. The van der Waals surface area contributed by atoms with Gasteiger partial charge in [0.15, 0.2) is 0 Å². The Morgan fingerprint density at radius 3 is 1.74 bits per heavy atom. The van der Waals surface area contributed by atoms with Crippen LogP contribution in [0.25, 0.3) is 0 Å². The summed E-state index contributed by atoms with van der Waals surface area (Å²) in [5.74, 6) is -1.04. The molecule has 0 aliphatic carbocycles. The third kappa shape index (κ3) is 5.03. The van der Waals surface area contributed by atoms with Crippen molar-refractivity contribution in [3.63, 3.8) is 0 Å². The van der Waals surface area contributed by atoms with Gasteiger partial charge in [0.2, 0.25) is 0 Å². The van der Waals surface area contributed by atoms with E-state index in [-0.39, 0.29) is 40.6 Å². The van der Waals surface area contributed by atoms with Gasteiger partial charge in [0, 0.05) is 5.75 Å². The number of aliphatic carboxylic acids is 1. The topological polar surface area (TPSA) is 40.1 Å². The van der Waals surface area contributed by atoms with E-state index in [1.807, 2.05) is 60.7 Å². The van der Waals surface area contributed by atoms with Crippen LogP contribution in [0.15, 0.2) is 60.7 Å². The Kier molecular flexibility index (Phi) is 7.24. The molecule has 0 aromatic heterocycles. The zero-order valence-electron chi connectivity index (χ0n) is 10.8. The number of hydrogen-bond donors (Lipinski definition) is 0. The molecule has 0 N–H and O–H groups in total.